The highest BCUT2D eigenvalue weighted by molar-refractivity contribution is 5.86. The standard InChI is InChI=1S/C24H29FN2O/c1-14(2)27-23(28)24(6-7-24)18-11-15-9-17(10-16(15)12-18)20-5-8-26-22-4-3-19(25)13-21(20)22/h3-5,8,13-18H,6-7,9-12H2,1-2H3,(H,27,28)/t15-,16+,17?,18?. The van der Waals surface area contributed by atoms with Gasteiger partial charge in [-0.05, 0) is 106 Å². The molecule has 1 heterocycles. The van der Waals surface area contributed by atoms with E-state index in [1.165, 1.54) is 37.3 Å². The summed E-state index contributed by atoms with van der Waals surface area (Å²) < 4.78 is 13.8. The predicted molar refractivity (Wildman–Crippen MR) is 108 cm³/mol. The lowest BCUT2D eigenvalue weighted by atomic mass is 9.82. The van der Waals surface area contributed by atoms with Gasteiger partial charge < -0.3 is 5.32 Å². The van der Waals surface area contributed by atoms with Gasteiger partial charge in [0.1, 0.15) is 5.82 Å². The Morgan fingerprint density at radius 1 is 1.14 bits per heavy atom. The number of nitrogens with zero attached hydrogens (tertiary/aromatic N) is 1. The van der Waals surface area contributed by atoms with E-state index in [2.05, 4.69) is 16.4 Å². The lowest BCUT2D eigenvalue weighted by molar-refractivity contribution is -0.128. The van der Waals surface area contributed by atoms with Crippen molar-refractivity contribution in [2.75, 3.05) is 0 Å². The molecule has 4 atom stereocenters. The maximum absolute atomic E-state index is 13.8. The van der Waals surface area contributed by atoms with Crippen LogP contribution in [0.1, 0.15) is 63.9 Å². The number of hydrogen-bond acceptors (Lipinski definition) is 2. The third kappa shape index (κ3) is 2.92. The molecule has 3 aliphatic rings. The molecular weight excluding hydrogens is 351 g/mol. The number of amides is 1. The number of benzene rings is 1. The fraction of sp³-hybridized carbons (Fsp3) is 0.583. The van der Waals surface area contributed by atoms with Crippen LogP contribution in [0.15, 0.2) is 30.5 Å². The van der Waals surface area contributed by atoms with E-state index < -0.39 is 0 Å². The molecule has 0 bridgehead atoms. The minimum Gasteiger partial charge on any atom is -0.353 e. The molecule has 0 saturated heterocycles. The Morgan fingerprint density at radius 3 is 2.50 bits per heavy atom. The van der Waals surface area contributed by atoms with Crippen LogP contribution in [-0.4, -0.2) is 16.9 Å². The molecule has 4 heteroatoms. The van der Waals surface area contributed by atoms with Gasteiger partial charge in [-0.2, -0.15) is 0 Å². The van der Waals surface area contributed by atoms with Crippen LogP contribution in [0.3, 0.4) is 0 Å². The number of pyridine rings is 1. The Morgan fingerprint density at radius 2 is 1.86 bits per heavy atom. The lowest BCUT2D eigenvalue weighted by Gasteiger charge is -2.25. The zero-order valence-electron chi connectivity index (χ0n) is 16.7. The molecule has 3 saturated carbocycles. The SMILES string of the molecule is CC(C)NC(=O)C1(C2C[C@H]3CC(c4ccnc5ccc(F)cc45)C[C@H]3C2)CC1. The molecule has 3 nitrogen and oxygen atoms in total. The molecule has 0 aliphatic heterocycles. The Labute approximate surface area is 166 Å². The Hall–Kier alpha value is -1.97. The average molecular weight is 381 g/mol. The van der Waals surface area contributed by atoms with Gasteiger partial charge in [-0.25, -0.2) is 4.39 Å². The zero-order valence-corrected chi connectivity index (χ0v) is 16.7. The molecule has 1 aromatic heterocycles. The Kier molecular flexibility index (Phi) is 4.22. The van der Waals surface area contributed by atoms with Gasteiger partial charge in [-0.15, -0.1) is 0 Å². The first-order valence-corrected chi connectivity index (χ1v) is 10.8. The summed E-state index contributed by atoms with van der Waals surface area (Å²) in [4.78, 5) is 17.2. The van der Waals surface area contributed by atoms with E-state index >= 15 is 0 Å². The second kappa shape index (κ2) is 6.53. The summed E-state index contributed by atoms with van der Waals surface area (Å²) in [5.74, 6) is 2.55. The quantitative estimate of drug-likeness (QED) is 0.792. The number of nitrogens with one attached hydrogen (secondary N) is 1. The van der Waals surface area contributed by atoms with Crippen molar-refractivity contribution in [3.05, 3.63) is 41.8 Å². The minimum atomic E-state index is -0.188. The van der Waals surface area contributed by atoms with Gasteiger partial charge in [0.05, 0.1) is 10.9 Å². The van der Waals surface area contributed by atoms with E-state index in [1.807, 2.05) is 20.0 Å². The van der Waals surface area contributed by atoms with Crippen molar-refractivity contribution in [2.45, 2.75) is 64.3 Å². The summed E-state index contributed by atoms with van der Waals surface area (Å²) in [6, 6.07) is 7.22. The molecule has 5 rings (SSSR count). The van der Waals surface area contributed by atoms with Gasteiger partial charge in [-0.3, -0.25) is 9.78 Å². The Bertz CT molecular complexity index is 906. The minimum absolute atomic E-state index is 0.0728. The van der Waals surface area contributed by atoms with Crippen LogP contribution < -0.4 is 5.32 Å². The van der Waals surface area contributed by atoms with Gasteiger partial charge in [0.15, 0.2) is 0 Å². The van der Waals surface area contributed by atoms with E-state index in [-0.39, 0.29) is 17.3 Å². The second-order valence-electron chi connectivity index (χ2n) is 9.70. The smallest absolute Gasteiger partial charge is 0.226 e. The average Bonchev–Trinajstić information content (AvgIpc) is 3.23. The second-order valence-corrected chi connectivity index (χ2v) is 9.70. The van der Waals surface area contributed by atoms with Crippen LogP contribution in [0.25, 0.3) is 10.9 Å². The van der Waals surface area contributed by atoms with Gasteiger partial charge in [-0.1, -0.05) is 0 Å². The first-order chi connectivity index (χ1) is 13.5. The molecule has 0 spiro atoms. The largest absolute Gasteiger partial charge is 0.353 e. The summed E-state index contributed by atoms with van der Waals surface area (Å²) >= 11 is 0. The first-order valence-electron chi connectivity index (χ1n) is 10.8. The molecular formula is C24H29FN2O. The molecule has 2 unspecified atom stereocenters. The van der Waals surface area contributed by atoms with Gasteiger partial charge in [0.2, 0.25) is 5.91 Å². The van der Waals surface area contributed by atoms with E-state index in [1.54, 1.807) is 12.1 Å². The Balaban J connectivity index is 1.32. The number of rotatable bonds is 4. The predicted octanol–water partition coefficient (Wildman–Crippen LogP) is 5.20. The van der Waals surface area contributed by atoms with Crippen molar-refractivity contribution in [3.8, 4) is 0 Å². The molecule has 1 aromatic carbocycles. The summed E-state index contributed by atoms with van der Waals surface area (Å²) in [7, 11) is 0. The van der Waals surface area contributed by atoms with Crippen LogP contribution >= 0.6 is 0 Å². The molecule has 3 aliphatic carbocycles. The molecule has 1 N–H and O–H groups in total. The van der Waals surface area contributed by atoms with Crippen molar-refractivity contribution in [1.82, 2.24) is 10.3 Å². The first kappa shape index (κ1) is 18.1. The fourth-order valence-corrected chi connectivity index (χ4v) is 6.18. The van der Waals surface area contributed by atoms with Crippen LogP contribution in [0.2, 0.25) is 0 Å². The number of aromatic nitrogens is 1. The molecule has 148 valence electrons. The van der Waals surface area contributed by atoms with E-state index in [0.717, 1.165) is 23.7 Å². The van der Waals surface area contributed by atoms with Crippen molar-refractivity contribution in [1.29, 1.82) is 0 Å². The maximum Gasteiger partial charge on any atom is 0.226 e. The molecule has 3 fully saturated rings. The fourth-order valence-electron chi connectivity index (χ4n) is 6.18. The summed E-state index contributed by atoms with van der Waals surface area (Å²) in [5.41, 5.74) is 2.07. The van der Waals surface area contributed by atoms with Gasteiger partial charge in [0, 0.05) is 17.6 Å². The van der Waals surface area contributed by atoms with Crippen LogP contribution in [-0.2, 0) is 4.79 Å². The summed E-state index contributed by atoms with van der Waals surface area (Å²) in [6.07, 6.45) is 8.69. The number of carbonyl (C=O) groups excluding carboxylic acids is 1. The van der Waals surface area contributed by atoms with Crippen LogP contribution in [0.5, 0.6) is 0 Å². The number of carbonyl (C=O) groups is 1. The molecule has 0 radical (unpaired) electrons. The molecule has 1 amide bonds. The van der Waals surface area contributed by atoms with Crippen molar-refractivity contribution >= 4 is 16.8 Å². The number of fused-ring (bicyclic) bond motifs is 2. The van der Waals surface area contributed by atoms with Crippen molar-refractivity contribution in [2.24, 2.45) is 23.2 Å². The highest BCUT2D eigenvalue weighted by Crippen LogP contribution is 2.63. The lowest BCUT2D eigenvalue weighted by Crippen LogP contribution is -2.39. The number of halogens is 1. The summed E-state index contributed by atoms with van der Waals surface area (Å²) in [5, 5.41) is 4.14. The van der Waals surface area contributed by atoms with Crippen molar-refractivity contribution in [3.63, 3.8) is 0 Å². The third-order valence-corrected chi connectivity index (χ3v) is 7.64. The normalized spacial score (nSPS) is 30.6. The van der Waals surface area contributed by atoms with Crippen molar-refractivity contribution < 1.29 is 9.18 Å². The maximum atomic E-state index is 13.8. The van der Waals surface area contributed by atoms with E-state index in [4.69, 9.17) is 0 Å². The topological polar surface area (TPSA) is 42.0 Å². The highest BCUT2D eigenvalue weighted by atomic mass is 19.1. The third-order valence-electron chi connectivity index (χ3n) is 7.64. The molecule has 28 heavy (non-hydrogen) atoms. The van der Waals surface area contributed by atoms with Gasteiger partial charge in [0.25, 0.3) is 0 Å². The zero-order chi connectivity index (χ0) is 19.5. The highest BCUT2D eigenvalue weighted by Gasteiger charge is 2.59. The monoisotopic (exact) mass is 380 g/mol. The van der Waals surface area contributed by atoms with Crippen LogP contribution in [0.4, 0.5) is 4.39 Å². The summed E-state index contributed by atoms with van der Waals surface area (Å²) in [6.45, 7) is 4.09. The molecule has 2 aromatic rings. The van der Waals surface area contributed by atoms with Gasteiger partial charge >= 0.3 is 0 Å². The number of hydrogen-bond donors (Lipinski definition) is 1. The van der Waals surface area contributed by atoms with Crippen LogP contribution in [0, 0.1) is 29.0 Å². The van der Waals surface area contributed by atoms with E-state index in [0.29, 0.717) is 29.6 Å². The van der Waals surface area contributed by atoms with E-state index in [9.17, 15) is 9.18 Å².